The molecule has 3 aromatic heterocycles. The number of fused-ring (bicyclic) bond motifs is 2. The Morgan fingerprint density at radius 1 is 1.33 bits per heavy atom. The van der Waals surface area contributed by atoms with Crippen LogP contribution in [0.15, 0.2) is 12.3 Å². The number of hydrogen-bond acceptors (Lipinski definition) is 6. The molecule has 1 fully saturated rings. The second-order valence-electron chi connectivity index (χ2n) is 9.93. The summed E-state index contributed by atoms with van der Waals surface area (Å²) in [5, 5.41) is 7.80. The van der Waals surface area contributed by atoms with Crippen LogP contribution in [0.3, 0.4) is 0 Å². The van der Waals surface area contributed by atoms with Gasteiger partial charge in [-0.05, 0) is 44.6 Å². The molecule has 1 aliphatic heterocycles. The van der Waals surface area contributed by atoms with E-state index in [-0.39, 0.29) is 17.4 Å². The van der Waals surface area contributed by atoms with Gasteiger partial charge in [-0.3, -0.25) is 14.8 Å². The Hall–Kier alpha value is -2.78. The van der Waals surface area contributed by atoms with Crippen molar-refractivity contribution in [2.45, 2.75) is 53.0 Å². The molecule has 176 valence electrons. The summed E-state index contributed by atoms with van der Waals surface area (Å²) in [5.74, 6) is 0.798. The predicted octanol–water partition coefficient (Wildman–Crippen LogP) is 2.94. The molecular formula is C24H33N7O2. The van der Waals surface area contributed by atoms with Gasteiger partial charge in [0.1, 0.15) is 5.69 Å². The van der Waals surface area contributed by atoms with E-state index in [4.69, 9.17) is 9.72 Å². The Labute approximate surface area is 193 Å². The average molecular weight is 452 g/mol. The number of carbonyl (C=O) groups is 1. The van der Waals surface area contributed by atoms with Crippen molar-refractivity contribution in [2.24, 2.45) is 5.41 Å². The maximum Gasteiger partial charge on any atom is 0.244 e. The largest absolute Gasteiger partial charge is 0.379 e. The third kappa shape index (κ3) is 4.15. The fourth-order valence-corrected chi connectivity index (χ4v) is 5.00. The van der Waals surface area contributed by atoms with E-state index in [2.05, 4.69) is 38.9 Å². The van der Waals surface area contributed by atoms with E-state index in [0.29, 0.717) is 25.4 Å². The van der Waals surface area contributed by atoms with Crippen LogP contribution in [-0.4, -0.2) is 74.8 Å². The molecule has 1 amide bonds. The summed E-state index contributed by atoms with van der Waals surface area (Å²) in [4.78, 5) is 29.9. The molecule has 4 heterocycles. The Morgan fingerprint density at radius 3 is 2.88 bits per heavy atom. The van der Waals surface area contributed by atoms with Gasteiger partial charge in [0, 0.05) is 30.9 Å². The highest BCUT2D eigenvalue weighted by molar-refractivity contribution is 5.98. The molecule has 9 nitrogen and oxygen atoms in total. The number of aromatic amines is 2. The van der Waals surface area contributed by atoms with Crippen LogP contribution in [-0.2, 0) is 22.4 Å². The molecule has 0 bridgehead atoms. The number of ether oxygens (including phenoxy) is 1. The molecule has 3 aromatic rings. The van der Waals surface area contributed by atoms with Crippen LogP contribution < -0.4 is 4.90 Å². The van der Waals surface area contributed by atoms with Crippen molar-refractivity contribution in [3.05, 3.63) is 23.5 Å². The van der Waals surface area contributed by atoms with Crippen molar-refractivity contribution in [2.75, 3.05) is 37.7 Å². The molecule has 5 rings (SSSR count). The molecule has 0 aromatic carbocycles. The van der Waals surface area contributed by atoms with Crippen LogP contribution in [0.4, 0.5) is 5.69 Å². The number of morpholine rings is 1. The molecule has 0 saturated carbocycles. The lowest BCUT2D eigenvalue weighted by atomic mass is 9.76. The van der Waals surface area contributed by atoms with Crippen LogP contribution in [0.2, 0.25) is 0 Å². The summed E-state index contributed by atoms with van der Waals surface area (Å²) in [7, 11) is 0. The minimum Gasteiger partial charge on any atom is -0.379 e. The number of aromatic nitrogens is 5. The van der Waals surface area contributed by atoms with E-state index in [9.17, 15) is 4.79 Å². The van der Waals surface area contributed by atoms with Crippen LogP contribution >= 0.6 is 0 Å². The van der Waals surface area contributed by atoms with E-state index in [1.54, 1.807) is 11.1 Å². The minimum atomic E-state index is -0.207. The number of H-pyrrole nitrogens is 2. The van der Waals surface area contributed by atoms with Gasteiger partial charge in [0.25, 0.3) is 0 Å². The van der Waals surface area contributed by atoms with Crippen molar-refractivity contribution >= 4 is 22.8 Å². The SMILES string of the molecule is CCN(C(=O)[C@@H](C)N1CCOCC1)c1cnc2nc(-c3n[nH]c4c3CCC(C)(C)C4)[nH]c2c1. The standard InChI is InChI=1S/C24H33N7O2/c1-5-31(23(32)15(2)30-8-10-33-11-9-30)16-12-18-21(25-14-16)27-22(26-18)20-17-6-7-24(3,4)13-19(17)28-29-20/h12,14-15H,5-11,13H2,1-4H3,(H,28,29)(H,25,26,27)/t15-/m1/s1. The number of hydrogen-bond donors (Lipinski definition) is 2. The van der Waals surface area contributed by atoms with E-state index in [1.165, 1.54) is 11.3 Å². The second-order valence-corrected chi connectivity index (χ2v) is 9.93. The Morgan fingerprint density at radius 2 is 2.12 bits per heavy atom. The van der Waals surface area contributed by atoms with Crippen molar-refractivity contribution in [3.8, 4) is 11.5 Å². The number of amides is 1. The van der Waals surface area contributed by atoms with Crippen molar-refractivity contribution in [1.82, 2.24) is 30.0 Å². The maximum atomic E-state index is 13.3. The highest BCUT2D eigenvalue weighted by Gasteiger charge is 2.30. The predicted molar refractivity (Wildman–Crippen MR) is 127 cm³/mol. The van der Waals surface area contributed by atoms with Gasteiger partial charge in [0.15, 0.2) is 11.5 Å². The van der Waals surface area contributed by atoms with E-state index >= 15 is 0 Å². The molecule has 0 spiro atoms. The molecule has 2 N–H and O–H groups in total. The first-order valence-electron chi connectivity index (χ1n) is 11.9. The van der Waals surface area contributed by atoms with Gasteiger partial charge in [-0.1, -0.05) is 13.8 Å². The normalized spacial score (nSPS) is 19.4. The lowest BCUT2D eigenvalue weighted by Gasteiger charge is -2.34. The number of nitrogens with zero attached hydrogens (tertiary/aromatic N) is 5. The minimum absolute atomic E-state index is 0.0734. The zero-order valence-electron chi connectivity index (χ0n) is 19.9. The van der Waals surface area contributed by atoms with Crippen LogP contribution in [0.5, 0.6) is 0 Å². The molecule has 0 unspecified atom stereocenters. The lowest BCUT2D eigenvalue weighted by molar-refractivity contribution is -0.124. The van der Waals surface area contributed by atoms with Crippen LogP contribution in [0.1, 0.15) is 45.4 Å². The van der Waals surface area contributed by atoms with Gasteiger partial charge in [0.05, 0.1) is 36.7 Å². The van der Waals surface area contributed by atoms with Crippen molar-refractivity contribution in [3.63, 3.8) is 0 Å². The summed E-state index contributed by atoms with van der Waals surface area (Å²) in [6, 6.07) is 1.76. The smallest absolute Gasteiger partial charge is 0.244 e. The first kappa shape index (κ1) is 22.0. The summed E-state index contributed by atoms with van der Waals surface area (Å²) >= 11 is 0. The van der Waals surface area contributed by atoms with E-state index < -0.39 is 0 Å². The van der Waals surface area contributed by atoms with Crippen molar-refractivity contribution < 1.29 is 9.53 Å². The lowest BCUT2D eigenvalue weighted by Crippen LogP contribution is -2.51. The number of likely N-dealkylation sites (N-methyl/N-ethyl adjacent to an activating group) is 1. The monoisotopic (exact) mass is 451 g/mol. The highest BCUT2D eigenvalue weighted by atomic mass is 16.5. The Kier molecular flexibility index (Phi) is 5.70. The molecule has 1 atom stereocenters. The van der Waals surface area contributed by atoms with Gasteiger partial charge in [-0.15, -0.1) is 0 Å². The summed E-state index contributed by atoms with van der Waals surface area (Å²) in [5.41, 5.74) is 5.83. The number of anilines is 1. The molecule has 2 aliphatic rings. The van der Waals surface area contributed by atoms with Gasteiger partial charge in [-0.25, -0.2) is 9.97 Å². The number of imidazole rings is 1. The zero-order valence-corrected chi connectivity index (χ0v) is 19.9. The third-order valence-corrected chi connectivity index (χ3v) is 7.05. The summed E-state index contributed by atoms with van der Waals surface area (Å²) in [6.07, 6.45) is 4.85. The Balaban J connectivity index is 1.41. The molecule has 1 aliphatic carbocycles. The van der Waals surface area contributed by atoms with Gasteiger partial charge >= 0.3 is 0 Å². The van der Waals surface area contributed by atoms with Gasteiger partial charge in [0.2, 0.25) is 5.91 Å². The number of carbonyl (C=O) groups excluding carboxylic acids is 1. The summed E-state index contributed by atoms with van der Waals surface area (Å²) < 4.78 is 5.43. The fourth-order valence-electron chi connectivity index (χ4n) is 5.00. The van der Waals surface area contributed by atoms with Gasteiger partial charge < -0.3 is 14.6 Å². The molecule has 33 heavy (non-hydrogen) atoms. The first-order chi connectivity index (χ1) is 15.9. The topological polar surface area (TPSA) is 103 Å². The Bertz CT molecular complexity index is 1160. The van der Waals surface area contributed by atoms with Crippen LogP contribution in [0.25, 0.3) is 22.7 Å². The molecular weight excluding hydrogens is 418 g/mol. The fraction of sp³-hybridized carbons (Fsp3) is 0.583. The quantitative estimate of drug-likeness (QED) is 0.618. The number of nitrogens with one attached hydrogen (secondary N) is 2. The molecule has 0 radical (unpaired) electrons. The van der Waals surface area contributed by atoms with Crippen molar-refractivity contribution in [1.29, 1.82) is 0 Å². The van der Waals surface area contributed by atoms with E-state index in [1.807, 2.05) is 19.9 Å². The number of pyridine rings is 1. The summed E-state index contributed by atoms with van der Waals surface area (Å²) in [6.45, 7) is 12.0. The second kappa shape index (κ2) is 8.53. The zero-order chi connectivity index (χ0) is 23.2. The van der Waals surface area contributed by atoms with E-state index in [0.717, 1.165) is 55.1 Å². The van der Waals surface area contributed by atoms with Crippen LogP contribution in [0, 0.1) is 5.41 Å². The third-order valence-electron chi connectivity index (χ3n) is 7.05. The highest BCUT2D eigenvalue weighted by Crippen LogP contribution is 2.37. The molecule has 9 heteroatoms. The van der Waals surface area contributed by atoms with Gasteiger partial charge in [-0.2, -0.15) is 5.10 Å². The maximum absolute atomic E-state index is 13.3. The first-order valence-corrected chi connectivity index (χ1v) is 11.9. The average Bonchev–Trinajstić information content (AvgIpc) is 3.41. The molecule has 1 saturated heterocycles. The number of rotatable bonds is 5.